The summed E-state index contributed by atoms with van der Waals surface area (Å²) in [6.07, 6.45) is 1.71. The summed E-state index contributed by atoms with van der Waals surface area (Å²) in [4.78, 5) is 118. The Morgan fingerprint density at radius 1 is 0.341 bits per heavy atom. The van der Waals surface area contributed by atoms with Gasteiger partial charge in [-0.15, -0.1) is 0 Å². The smallest absolute Gasteiger partial charge is 0.408 e. The molecule has 1 aliphatic heterocycles. The van der Waals surface area contributed by atoms with E-state index in [1.807, 2.05) is 164 Å². The van der Waals surface area contributed by atoms with Gasteiger partial charge >= 0.3 is 34.3 Å². The van der Waals surface area contributed by atoms with Crippen molar-refractivity contribution in [2.24, 2.45) is 0 Å². The van der Waals surface area contributed by atoms with Crippen molar-refractivity contribution in [2.75, 3.05) is 0 Å². The van der Waals surface area contributed by atoms with Gasteiger partial charge in [-0.25, -0.2) is 33.8 Å². The van der Waals surface area contributed by atoms with Gasteiger partial charge in [0.1, 0.15) is 0 Å². The number of para-hydroxylation sites is 3. The third kappa shape index (κ3) is 15.0. The number of imide groups is 1. The minimum atomic E-state index is -0.398. The number of aryl methyl sites for hydroxylation is 8. The second kappa shape index (κ2) is 26.7. The van der Waals surface area contributed by atoms with Crippen LogP contribution in [0.1, 0.15) is 65.2 Å². The van der Waals surface area contributed by atoms with Crippen LogP contribution in [0.5, 0.6) is 0 Å². The number of imidazole rings is 4. The zero-order chi connectivity index (χ0) is 62.8. The lowest BCUT2D eigenvalue weighted by Gasteiger charge is -1.96. The van der Waals surface area contributed by atoms with Gasteiger partial charge in [-0.3, -0.25) is 29.9 Å². The van der Waals surface area contributed by atoms with E-state index >= 15 is 0 Å². The molecule has 0 unspecified atom stereocenters. The highest BCUT2D eigenvalue weighted by Crippen LogP contribution is 2.20. The molecule has 23 heteroatoms. The number of H-pyrrole nitrogens is 10. The summed E-state index contributed by atoms with van der Waals surface area (Å²) >= 11 is 0. The highest BCUT2D eigenvalue weighted by molar-refractivity contribution is 6.22. The van der Waals surface area contributed by atoms with Crippen LogP contribution in [0.3, 0.4) is 0 Å². The van der Waals surface area contributed by atoms with Crippen molar-refractivity contribution in [1.29, 1.82) is 0 Å². The number of carbonyl (C=O) groups excluding carboxylic acids is 2. The van der Waals surface area contributed by atoms with Gasteiger partial charge in [0.05, 0.1) is 78.1 Å². The van der Waals surface area contributed by atoms with E-state index in [0.29, 0.717) is 27.9 Å². The van der Waals surface area contributed by atoms with Gasteiger partial charge in [0.2, 0.25) is 0 Å². The van der Waals surface area contributed by atoms with E-state index in [9.17, 15) is 38.4 Å². The Morgan fingerprint density at radius 2 is 0.807 bits per heavy atom. The third-order valence-electron chi connectivity index (χ3n) is 13.5. The Bertz CT molecular complexity index is 4940. The van der Waals surface area contributed by atoms with Crippen molar-refractivity contribution >= 4 is 89.2 Å². The number of carbonyl (C=O) groups is 2. The first kappa shape index (κ1) is 60.6. The van der Waals surface area contributed by atoms with E-state index in [0.717, 1.165) is 99.6 Å². The monoisotopic (exact) mass is 1180 g/mol. The predicted molar refractivity (Wildman–Crippen MR) is 339 cm³/mol. The van der Waals surface area contributed by atoms with Crippen molar-refractivity contribution in [3.8, 4) is 0 Å². The lowest BCUT2D eigenvalue weighted by molar-refractivity contribution is 0.0879. The fraction of sp³-hybridized carbons (Fsp3) is 0.123. The Kier molecular flexibility index (Phi) is 18.4. The molecule has 7 aromatic heterocycles. The van der Waals surface area contributed by atoms with E-state index in [-0.39, 0.29) is 28.9 Å². The van der Waals surface area contributed by atoms with Gasteiger partial charge < -0.3 is 48.1 Å². The molecule has 446 valence electrons. The number of benzene rings is 8. The van der Waals surface area contributed by atoms with Crippen molar-refractivity contribution < 1.29 is 22.8 Å². The topological polar surface area (TPSA) is 359 Å². The van der Waals surface area contributed by atoms with Gasteiger partial charge in [-0.2, -0.15) is 0 Å². The van der Waals surface area contributed by atoms with Gasteiger partial charge in [0.15, 0.2) is 16.7 Å². The minimum absolute atomic E-state index is 0.144. The Balaban J connectivity index is 0.000000120. The van der Waals surface area contributed by atoms with Gasteiger partial charge in [0, 0.05) is 0 Å². The number of hydrogen-bond donors (Lipinski definition) is 11. The molecule has 23 nitrogen and oxygen atoms in total. The summed E-state index contributed by atoms with van der Waals surface area (Å²) in [6, 6.07) is 45.4. The number of nitrogens with one attached hydrogen (secondary N) is 11. The van der Waals surface area contributed by atoms with Gasteiger partial charge in [0.25, 0.3) is 11.8 Å². The van der Waals surface area contributed by atoms with Crippen LogP contribution in [0.25, 0.3) is 77.4 Å². The van der Waals surface area contributed by atoms with E-state index in [2.05, 4.69) is 79.2 Å². The molecule has 0 saturated carbocycles. The Hall–Kier alpha value is -12.0. The van der Waals surface area contributed by atoms with E-state index in [4.69, 9.17) is 13.3 Å². The number of oxazole rings is 3. The molecule has 2 amide bonds. The summed E-state index contributed by atoms with van der Waals surface area (Å²) in [7, 11) is 0. The lowest BCUT2D eigenvalue weighted by atomic mass is 10.0. The van der Waals surface area contributed by atoms with Crippen LogP contribution in [0.15, 0.2) is 194 Å². The maximum atomic E-state index is 11.2. The average molecular weight is 1190 g/mol. The summed E-state index contributed by atoms with van der Waals surface area (Å²) in [5.74, 6) is -1.77. The highest BCUT2D eigenvalue weighted by Gasteiger charge is 2.27. The van der Waals surface area contributed by atoms with Crippen LogP contribution in [-0.4, -0.2) is 66.6 Å². The zero-order valence-corrected chi connectivity index (χ0v) is 48.9. The molecule has 11 N–H and O–H groups in total. The van der Waals surface area contributed by atoms with Crippen LogP contribution in [-0.2, 0) is 0 Å². The zero-order valence-electron chi connectivity index (χ0n) is 48.9. The van der Waals surface area contributed by atoms with E-state index in [1.54, 1.807) is 24.5 Å². The molecule has 0 atom stereocenters. The van der Waals surface area contributed by atoms with Crippen molar-refractivity contribution in [3.63, 3.8) is 0 Å². The van der Waals surface area contributed by atoms with Crippen LogP contribution in [0.4, 0.5) is 0 Å². The minimum Gasteiger partial charge on any atom is -0.408 e. The van der Waals surface area contributed by atoms with E-state index < -0.39 is 17.3 Å². The first-order valence-corrected chi connectivity index (χ1v) is 27.3. The maximum absolute atomic E-state index is 11.2. The molecule has 8 heterocycles. The predicted octanol–water partition coefficient (Wildman–Crippen LogP) is 10.5. The van der Waals surface area contributed by atoms with Crippen molar-refractivity contribution in [2.45, 2.75) is 55.4 Å². The number of aromatic nitrogens is 11. The Labute approximate surface area is 496 Å². The lowest BCUT2D eigenvalue weighted by Crippen LogP contribution is -2.20. The molecule has 0 aliphatic carbocycles. The van der Waals surface area contributed by atoms with Crippen LogP contribution < -0.4 is 39.7 Å². The number of rotatable bonds is 0. The van der Waals surface area contributed by atoms with Crippen LogP contribution in [0, 0.1) is 55.4 Å². The first-order chi connectivity index (χ1) is 42.1. The van der Waals surface area contributed by atoms with Crippen molar-refractivity contribution in [1.82, 2.24) is 60.1 Å². The number of fused-ring (bicyclic) bond motifs is 8. The normalized spacial score (nSPS) is 11.1. The maximum Gasteiger partial charge on any atom is 0.417 e. The van der Waals surface area contributed by atoms with Crippen LogP contribution >= 0.6 is 0 Å². The molecule has 0 fully saturated rings. The molecule has 16 rings (SSSR count). The number of nitrogens with zero attached hydrogens (tertiary/aromatic N) is 1. The number of aromatic amines is 10. The number of amides is 2. The molecular formula is C65H60N12O11. The SMILES string of the molecule is Cc1ccc2[nH]c(=O)[nH]c2c1.Cc1ccc2[nH]c(=O)oc2c1.Cc1ccc2nc[nH]c2c1.Cc1ccc2oc(=O)[nH]c2c1.Cc1cccc2[nH]c(=O)[nH]c12.Cc1cccc2[nH]c(=O)[nH]c12.Cc1cccc2[nH]c(=O)oc12.Cc1cccc2c1C(=O)NC2=O. The molecule has 0 saturated heterocycles. The third-order valence-corrected chi connectivity index (χ3v) is 13.5. The first-order valence-electron chi connectivity index (χ1n) is 27.3. The molecule has 0 radical (unpaired) electrons. The van der Waals surface area contributed by atoms with Gasteiger partial charge in [-0.05, 0) is 173 Å². The van der Waals surface area contributed by atoms with Crippen LogP contribution in [0.2, 0.25) is 0 Å². The molecule has 8 aromatic carbocycles. The standard InChI is InChI=1S/C9H7NO2.3C8H8N2O.C8H8N2.3C8H7NO2/c1-5-3-2-4-6-7(5)9(12)10-8(6)11;1-5-2-3-6-7(4-5)10-8(11)9-6;2*1-5-3-2-4-6-7(5)10-8(11)9-6;1-6-2-3-7-8(4-6)10-5-9-7;1-5-2-3-7-6(4-5)9-8(10)11-7;1-5-2-3-6-7(4-5)11-8(10)9-6;1-5-3-2-4-6-7(5)11-8(10)9-6/h2-4H,1H3,(H,10,11,12);3*2-4H,1H3,(H2,9,10,11);2-5H,1H3,(H,9,10);3*2-4H,1H3,(H,9,10). The molecule has 0 bridgehead atoms. The molecule has 0 spiro atoms. The summed E-state index contributed by atoms with van der Waals surface area (Å²) in [5, 5.41) is 2.25. The molecule has 1 aliphatic rings. The highest BCUT2D eigenvalue weighted by atomic mass is 16.4. The Morgan fingerprint density at radius 3 is 1.43 bits per heavy atom. The molecular weight excluding hydrogens is 1120 g/mol. The summed E-state index contributed by atoms with van der Waals surface area (Å²) in [5.41, 5.74) is 20.7. The summed E-state index contributed by atoms with van der Waals surface area (Å²) in [6.45, 7) is 15.6. The molecule has 88 heavy (non-hydrogen) atoms. The number of hydrogen-bond acceptors (Lipinski definition) is 12. The second-order valence-electron chi connectivity index (χ2n) is 20.5. The van der Waals surface area contributed by atoms with Gasteiger partial charge in [-0.1, -0.05) is 72.8 Å². The van der Waals surface area contributed by atoms with Crippen molar-refractivity contribution in [3.05, 3.63) is 271 Å². The second-order valence-corrected chi connectivity index (χ2v) is 20.5. The van der Waals surface area contributed by atoms with E-state index in [1.165, 1.54) is 5.56 Å². The fourth-order valence-electron chi connectivity index (χ4n) is 9.23. The summed E-state index contributed by atoms with van der Waals surface area (Å²) < 4.78 is 14.5. The average Bonchev–Trinajstić information content (AvgIpc) is 3.43. The molecule has 15 aromatic rings. The largest absolute Gasteiger partial charge is 0.417 e. The fourth-order valence-corrected chi connectivity index (χ4v) is 9.23. The quantitative estimate of drug-likeness (QED) is 0.0632.